The number of nitrogens with zero attached hydrogens (tertiary/aromatic N) is 3. The van der Waals surface area contributed by atoms with Gasteiger partial charge >= 0.3 is 0 Å². The molecule has 0 radical (unpaired) electrons. The van der Waals surface area contributed by atoms with E-state index in [1.54, 1.807) is 6.07 Å². The molecule has 3 aromatic carbocycles. The Bertz CT molecular complexity index is 1230. The van der Waals surface area contributed by atoms with Gasteiger partial charge in [-0.3, -0.25) is 9.69 Å². The van der Waals surface area contributed by atoms with Crippen LogP contribution in [0.2, 0.25) is 0 Å². The van der Waals surface area contributed by atoms with E-state index in [0.717, 1.165) is 36.1 Å². The summed E-state index contributed by atoms with van der Waals surface area (Å²) in [4.78, 5) is 15.9. The molecule has 0 bridgehead atoms. The van der Waals surface area contributed by atoms with Crippen molar-refractivity contribution in [3.8, 4) is 11.6 Å². The first-order chi connectivity index (χ1) is 16.3. The van der Waals surface area contributed by atoms with Crippen LogP contribution in [0.15, 0.2) is 78.9 Å². The van der Waals surface area contributed by atoms with Gasteiger partial charge in [-0.1, -0.05) is 54.6 Å². The second-order valence-corrected chi connectivity index (χ2v) is 8.21. The van der Waals surface area contributed by atoms with Gasteiger partial charge < -0.3 is 9.47 Å². The van der Waals surface area contributed by atoms with Crippen LogP contribution in [0, 0.1) is 0 Å². The summed E-state index contributed by atoms with van der Waals surface area (Å²) < 4.78 is 13.5. The van der Waals surface area contributed by atoms with Crippen molar-refractivity contribution in [2.45, 2.75) is 19.4 Å². The topological polar surface area (TPSA) is 56.6 Å². The van der Waals surface area contributed by atoms with Gasteiger partial charge in [0.2, 0.25) is 5.88 Å². The van der Waals surface area contributed by atoms with Gasteiger partial charge in [-0.25, -0.2) is 0 Å². The van der Waals surface area contributed by atoms with Crippen LogP contribution in [0.4, 0.5) is 0 Å². The lowest BCUT2D eigenvalue weighted by atomic mass is 10.1. The molecule has 1 aliphatic rings. The largest absolute Gasteiger partial charge is 0.488 e. The maximum Gasteiger partial charge on any atom is 0.282 e. The highest BCUT2D eigenvalue weighted by atomic mass is 16.5. The van der Waals surface area contributed by atoms with Crippen LogP contribution in [-0.4, -0.2) is 46.8 Å². The molecule has 2 heterocycles. The average Bonchev–Trinajstić information content (AvgIpc) is 3.52. The summed E-state index contributed by atoms with van der Waals surface area (Å²) >= 11 is 0. The molecule has 33 heavy (non-hydrogen) atoms. The minimum absolute atomic E-state index is 0.246. The Hall–Kier alpha value is -3.64. The summed E-state index contributed by atoms with van der Waals surface area (Å²) in [6, 6.07) is 24.9. The van der Waals surface area contributed by atoms with Crippen LogP contribution >= 0.6 is 0 Å². The number of carbonyl (C=O) groups excluding carboxylic acids is 1. The van der Waals surface area contributed by atoms with Gasteiger partial charge in [0.1, 0.15) is 19.0 Å². The lowest BCUT2D eigenvalue weighted by Crippen LogP contribution is -2.25. The normalized spacial score (nSPS) is 13.9. The molecular weight excluding hydrogens is 414 g/mol. The van der Waals surface area contributed by atoms with Crippen molar-refractivity contribution in [1.29, 1.82) is 0 Å². The first-order valence-corrected chi connectivity index (χ1v) is 11.4. The highest BCUT2D eigenvalue weighted by Crippen LogP contribution is 2.28. The Labute approximate surface area is 193 Å². The monoisotopic (exact) mass is 441 g/mol. The number of fused-ring (bicyclic) bond motifs is 1. The molecule has 0 spiro atoms. The standard InChI is InChI=1S/C27H27N3O3/c31-27(23-13-5-7-15-25(23)33-20-21-10-2-1-3-11-21)30-24-14-6-4-12-22(24)26(28-30)32-19-18-29-16-8-9-17-29/h1-7,10-15H,8-9,16-20H2. The molecule has 1 aliphatic heterocycles. The number of para-hydroxylation sites is 2. The molecule has 0 aliphatic carbocycles. The van der Waals surface area contributed by atoms with Gasteiger partial charge in [-0.05, 0) is 55.8 Å². The van der Waals surface area contributed by atoms with Crippen LogP contribution in [0.25, 0.3) is 10.9 Å². The van der Waals surface area contributed by atoms with Gasteiger partial charge in [-0.15, -0.1) is 5.10 Å². The van der Waals surface area contributed by atoms with Crippen molar-refractivity contribution in [1.82, 2.24) is 14.7 Å². The van der Waals surface area contributed by atoms with Crippen LogP contribution in [0.1, 0.15) is 28.8 Å². The van der Waals surface area contributed by atoms with E-state index in [9.17, 15) is 4.79 Å². The number of ether oxygens (including phenoxy) is 2. The number of benzene rings is 3. The first kappa shape index (κ1) is 21.2. The molecule has 0 amide bonds. The second-order valence-electron chi connectivity index (χ2n) is 8.21. The quantitative estimate of drug-likeness (QED) is 0.394. The Morgan fingerprint density at radius 3 is 2.42 bits per heavy atom. The minimum Gasteiger partial charge on any atom is -0.488 e. The Morgan fingerprint density at radius 1 is 0.848 bits per heavy atom. The van der Waals surface area contributed by atoms with E-state index in [4.69, 9.17) is 9.47 Å². The number of rotatable bonds is 8. The summed E-state index contributed by atoms with van der Waals surface area (Å²) in [5.41, 5.74) is 2.22. The molecule has 1 aromatic heterocycles. The van der Waals surface area contributed by atoms with Crippen LogP contribution < -0.4 is 9.47 Å². The molecular formula is C27H27N3O3. The number of hydrogen-bond acceptors (Lipinski definition) is 5. The summed E-state index contributed by atoms with van der Waals surface area (Å²) in [7, 11) is 0. The molecule has 0 unspecified atom stereocenters. The Morgan fingerprint density at radius 2 is 1.58 bits per heavy atom. The fourth-order valence-corrected chi connectivity index (χ4v) is 4.20. The van der Waals surface area contributed by atoms with E-state index >= 15 is 0 Å². The molecule has 168 valence electrons. The molecule has 0 N–H and O–H groups in total. The van der Waals surface area contributed by atoms with Crippen molar-refractivity contribution in [2.24, 2.45) is 0 Å². The zero-order chi connectivity index (χ0) is 22.5. The summed E-state index contributed by atoms with van der Waals surface area (Å²) in [5.74, 6) is 0.771. The molecule has 6 nitrogen and oxygen atoms in total. The third-order valence-corrected chi connectivity index (χ3v) is 5.95. The predicted molar refractivity (Wildman–Crippen MR) is 128 cm³/mol. The summed E-state index contributed by atoms with van der Waals surface area (Å²) in [6.45, 7) is 4.04. The van der Waals surface area contributed by atoms with Crippen molar-refractivity contribution >= 4 is 16.8 Å². The van der Waals surface area contributed by atoms with Gasteiger partial charge in [0.25, 0.3) is 5.91 Å². The van der Waals surface area contributed by atoms with E-state index in [1.807, 2.05) is 72.8 Å². The first-order valence-electron chi connectivity index (χ1n) is 11.4. The zero-order valence-electron chi connectivity index (χ0n) is 18.5. The maximum atomic E-state index is 13.5. The minimum atomic E-state index is -0.246. The van der Waals surface area contributed by atoms with Crippen LogP contribution in [-0.2, 0) is 6.61 Å². The van der Waals surface area contributed by atoms with Gasteiger partial charge in [0, 0.05) is 6.54 Å². The van der Waals surface area contributed by atoms with E-state index < -0.39 is 0 Å². The Balaban J connectivity index is 1.38. The van der Waals surface area contributed by atoms with E-state index in [-0.39, 0.29) is 5.91 Å². The van der Waals surface area contributed by atoms with Crippen molar-refractivity contribution in [2.75, 3.05) is 26.2 Å². The fraction of sp³-hybridized carbons (Fsp3) is 0.259. The molecule has 5 rings (SSSR count). The molecule has 0 saturated carbocycles. The fourth-order valence-electron chi connectivity index (χ4n) is 4.20. The highest BCUT2D eigenvalue weighted by Gasteiger charge is 2.21. The van der Waals surface area contributed by atoms with Gasteiger partial charge in [-0.2, -0.15) is 4.68 Å². The van der Waals surface area contributed by atoms with Crippen molar-refractivity contribution < 1.29 is 14.3 Å². The number of likely N-dealkylation sites (tertiary alicyclic amines) is 1. The smallest absolute Gasteiger partial charge is 0.282 e. The number of aromatic nitrogens is 2. The summed E-state index contributed by atoms with van der Waals surface area (Å²) in [6.07, 6.45) is 2.50. The third kappa shape index (κ3) is 4.76. The SMILES string of the molecule is O=C(c1ccccc1OCc1ccccc1)n1nc(OCCN2CCCC2)c2ccccc21. The van der Waals surface area contributed by atoms with Crippen molar-refractivity contribution in [3.05, 3.63) is 90.0 Å². The maximum absolute atomic E-state index is 13.5. The van der Waals surface area contributed by atoms with E-state index in [2.05, 4.69) is 10.00 Å². The average molecular weight is 442 g/mol. The number of carbonyl (C=O) groups is 1. The molecule has 1 fully saturated rings. The summed E-state index contributed by atoms with van der Waals surface area (Å²) in [5, 5.41) is 5.39. The van der Waals surface area contributed by atoms with Gasteiger partial charge in [0.05, 0.1) is 16.5 Å². The Kier molecular flexibility index (Phi) is 6.35. The molecule has 6 heteroatoms. The zero-order valence-corrected chi connectivity index (χ0v) is 18.5. The molecule has 4 aromatic rings. The molecule has 0 atom stereocenters. The lowest BCUT2D eigenvalue weighted by molar-refractivity contribution is 0.0943. The number of hydrogen-bond donors (Lipinski definition) is 0. The van der Waals surface area contributed by atoms with Crippen molar-refractivity contribution in [3.63, 3.8) is 0 Å². The molecule has 1 saturated heterocycles. The van der Waals surface area contributed by atoms with Crippen LogP contribution in [0.3, 0.4) is 0 Å². The van der Waals surface area contributed by atoms with E-state index in [1.165, 1.54) is 17.5 Å². The lowest BCUT2D eigenvalue weighted by Gasteiger charge is -2.14. The predicted octanol–water partition coefficient (Wildman–Crippen LogP) is 4.78. The van der Waals surface area contributed by atoms with E-state index in [0.29, 0.717) is 30.4 Å². The van der Waals surface area contributed by atoms with Gasteiger partial charge in [0.15, 0.2) is 0 Å². The second kappa shape index (κ2) is 9.88. The van der Waals surface area contributed by atoms with Crippen LogP contribution in [0.5, 0.6) is 11.6 Å². The highest BCUT2D eigenvalue weighted by molar-refractivity contribution is 6.03. The third-order valence-electron chi connectivity index (χ3n) is 5.95.